The van der Waals surface area contributed by atoms with E-state index in [0.29, 0.717) is 24.1 Å². The number of nitrogens with one attached hydrogen (secondary N) is 1. The van der Waals surface area contributed by atoms with Gasteiger partial charge >= 0.3 is 0 Å². The highest BCUT2D eigenvalue weighted by Gasteiger charge is 2.38. The molecule has 1 saturated carbocycles. The van der Waals surface area contributed by atoms with E-state index in [9.17, 15) is 0 Å². The maximum Gasteiger partial charge on any atom is 0.226 e. The van der Waals surface area contributed by atoms with Crippen LogP contribution in [0.1, 0.15) is 56.9 Å². The van der Waals surface area contributed by atoms with Gasteiger partial charge in [-0.2, -0.15) is 0 Å². The molecular weight excluding hydrogens is 446 g/mol. The van der Waals surface area contributed by atoms with Gasteiger partial charge in [0.25, 0.3) is 0 Å². The molecule has 1 aliphatic carbocycles. The van der Waals surface area contributed by atoms with E-state index in [4.69, 9.17) is 17.3 Å². The zero-order valence-corrected chi connectivity index (χ0v) is 21.3. The van der Waals surface area contributed by atoms with Gasteiger partial charge in [-0.3, -0.25) is 9.88 Å². The molecule has 1 unspecified atom stereocenters. The number of hydrogen-bond acceptors (Lipinski definition) is 6. The first-order valence-electron chi connectivity index (χ1n) is 13.2. The summed E-state index contributed by atoms with van der Waals surface area (Å²) in [5.74, 6) is 2.11. The highest BCUT2D eigenvalue weighted by Crippen LogP contribution is 2.33. The van der Waals surface area contributed by atoms with Crippen LogP contribution in [0.3, 0.4) is 0 Å². The molecule has 3 aliphatic rings. The van der Waals surface area contributed by atoms with Gasteiger partial charge < -0.3 is 15.5 Å². The summed E-state index contributed by atoms with van der Waals surface area (Å²) in [6.07, 6.45) is 11.9. The van der Waals surface area contributed by atoms with Gasteiger partial charge in [0.05, 0.1) is 0 Å². The normalized spacial score (nSPS) is 26.2. The van der Waals surface area contributed by atoms with Crippen LogP contribution in [-0.4, -0.2) is 76.3 Å². The molecule has 3 heterocycles. The van der Waals surface area contributed by atoms with Crippen molar-refractivity contribution < 1.29 is 0 Å². The molecule has 186 valence electrons. The van der Waals surface area contributed by atoms with Crippen LogP contribution in [0.2, 0.25) is 5.02 Å². The molecule has 2 aromatic rings. The fourth-order valence-electron chi connectivity index (χ4n) is 6.52. The quantitative estimate of drug-likeness (QED) is 0.638. The number of nitrogen functional groups attached to an aromatic ring is 1. The molecule has 0 bridgehead atoms. The van der Waals surface area contributed by atoms with E-state index >= 15 is 0 Å². The number of hydrogen-bond donors (Lipinski definition) is 2. The molecule has 34 heavy (non-hydrogen) atoms. The molecule has 2 aliphatic heterocycles. The molecule has 1 aromatic heterocycles. The number of halogens is 1. The van der Waals surface area contributed by atoms with Gasteiger partial charge in [0.2, 0.25) is 11.9 Å². The summed E-state index contributed by atoms with van der Waals surface area (Å²) in [6.45, 7) is 4.31. The van der Waals surface area contributed by atoms with Gasteiger partial charge in [-0.25, -0.2) is 0 Å². The Labute approximate surface area is 209 Å². The van der Waals surface area contributed by atoms with E-state index in [1.807, 2.05) is 12.1 Å². The number of aromatic nitrogens is 3. The van der Waals surface area contributed by atoms with Crippen LogP contribution >= 0.6 is 11.6 Å². The highest BCUT2D eigenvalue weighted by molar-refractivity contribution is 6.30. The molecule has 8 heteroatoms. The molecule has 0 radical (unpaired) electrons. The molecule has 2 atom stereocenters. The van der Waals surface area contributed by atoms with E-state index in [2.05, 4.69) is 49.1 Å². The first-order valence-corrected chi connectivity index (χ1v) is 13.6. The summed E-state index contributed by atoms with van der Waals surface area (Å²) >= 11 is 6.16. The van der Waals surface area contributed by atoms with E-state index in [1.165, 1.54) is 50.6 Å². The van der Waals surface area contributed by atoms with Crippen molar-refractivity contribution in [2.75, 3.05) is 43.9 Å². The van der Waals surface area contributed by atoms with Crippen LogP contribution in [0.15, 0.2) is 24.3 Å². The summed E-state index contributed by atoms with van der Waals surface area (Å²) in [6, 6.07) is 10.3. The minimum Gasteiger partial charge on any atom is -0.368 e. The Morgan fingerprint density at radius 3 is 2.38 bits per heavy atom. The largest absolute Gasteiger partial charge is 0.368 e. The maximum absolute atomic E-state index is 6.16. The van der Waals surface area contributed by atoms with Gasteiger partial charge in [-0.1, -0.05) is 55.8 Å². The van der Waals surface area contributed by atoms with Gasteiger partial charge in [-0.05, 0) is 56.3 Å². The minimum atomic E-state index is 0.393. The predicted octanol–water partition coefficient (Wildman–Crippen LogP) is 4.21. The van der Waals surface area contributed by atoms with Gasteiger partial charge in [0.15, 0.2) is 0 Å². The van der Waals surface area contributed by atoms with Crippen molar-refractivity contribution in [2.24, 2.45) is 5.92 Å². The molecule has 7 nitrogen and oxygen atoms in total. The van der Waals surface area contributed by atoms with Crippen molar-refractivity contribution in [2.45, 2.75) is 75.9 Å². The van der Waals surface area contributed by atoms with Crippen molar-refractivity contribution in [3.8, 4) is 0 Å². The Morgan fingerprint density at radius 1 is 0.971 bits per heavy atom. The monoisotopic (exact) mass is 485 g/mol. The Balaban J connectivity index is 1.28. The lowest BCUT2D eigenvalue weighted by molar-refractivity contribution is -0.00203. The molecule has 3 N–H and O–H groups in total. The highest BCUT2D eigenvalue weighted by atomic mass is 35.5. The molecule has 2 saturated heterocycles. The van der Waals surface area contributed by atoms with E-state index < -0.39 is 0 Å². The maximum atomic E-state index is 6.16. The Kier molecular flexibility index (Phi) is 7.61. The lowest BCUT2D eigenvalue weighted by atomic mass is 9.83. The summed E-state index contributed by atoms with van der Waals surface area (Å²) < 4.78 is 0. The predicted molar refractivity (Wildman–Crippen MR) is 139 cm³/mol. The third-order valence-electron chi connectivity index (χ3n) is 8.45. The second kappa shape index (κ2) is 10.8. The number of likely N-dealkylation sites (N-methyl/N-ethyl adjacent to an activating group) is 1. The molecule has 1 aromatic carbocycles. The summed E-state index contributed by atoms with van der Waals surface area (Å²) in [5, 5.41) is 8.97. The number of aromatic amines is 1. The average molecular weight is 486 g/mol. The van der Waals surface area contributed by atoms with Crippen LogP contribution in [0.25, 0.3) is 0 Å². The number of nitrogens with two attached hydrogens (primary N) is 1. The Bertz CT molecular complexity index is 902. The fraction of sp³-hybridized carbons (Fsp3) is 0.692. The van der Waals surface area contributed by atoms with E-state index in [0.717, 1.165) is 55.8 Å². The van der Waals surface area contributed by atoms with Crippen molar-refractivity contribution in [3.05, 3.63) is 34.9 Å². The number of H-pyrrole nitrogens is 1. The summed E-state index contributed by atoms with van der Waals surface area (Å²) in [5.41, 5.74) is 7.14. The van der Waals surface area contributed by atoms with Crippen molar-refractivity contribution in [3.63, 3.8) is 0 Å². The van der Waals surface area contributed by atoms with Crippen LogP contribution < -0.4 is 10.6 Å². The number of anilines is 2. The third-order valence-corrected chi connectivity index (χ3v) is 8.70. The topological polar surface area (TPSA) is 77.3 Å². The zero-order valence-electron chi connectivity index (χ0n) is 20.5. The van der Waals surface area contributed by atoms with Crippen molar-refractivity contribution >= 4 is 23.5 Å². The molecule has 0 amide bonds. The van der Waals surface area contributed by atoms with Gasteiger partial charge in [0, 0.05) is 49.3 Å². The number of benzene rings is 1. The first-order chi connectivity index (χ1) is 16.5. The van der Waals surface area contributed by atoms with Crippen LogP contribution in [0.4, 0.5) is 11.9 Å². The molecule has 0 spiro atoms. The SMILES string of the molecule is CN1C[C@H](Cc2ccc(Cl)cc2)N(C2CCN(c3nnc(N)[nH]3)CC2)CC1CC1CCCCC1. The van der Waals surface area contributed by atoms with Crippen LogP contribution in [-0.2, 0) is 6.42 Å². The smallest absolute Gasteiger partial charge is 0.226 e. The first kappa shape index (κ1) is 23.9. The summed E-state index contributed by atoms with van der Waals surface area (Å²) in [4.78, 5) is 10.9. The van der Waals surface area contributed by atoms with Gasteiger partial charge in [-0.15, -0.1) is 10.2 Å². The van der Waals surface area contributed by atoms with Crippen molar-refractivity contribution in [1.29, 1.82) is 0 Å². The van der Waals surface area contributed by atoms with Crippen LogP contribution in [0, 0.1) is 5.92 Å². The molecule has 3 fully saturated rings. The zero-order chi connectivity index (χ0) is 23.5. The standard InChI is InChI=1S/C26H40ClN7/c1-32-17-24(16-20-7-9-21(27)10-8-20)34(18-23(32)15-19-5-3-2-4-6-19)22-11-13-33(14-12-22)26-29-25(28)30-31-26/h7-10,19,22-24H,2-6,11-18H2,1H3,(H3,28,29,30,31)/t23?,24-/m0/s1. The Hall–Kier alpha value is -1.83. The Morgan fingerprint density at radius 2 is 1.71 bits per heavy atom. The third kappa shape index (κ3) is 5.69. The second-order valence-electron chi connectivity index (χ2n) is 10.8. The fourth-order valence-corrected chi connectivity index (χ4v) is 6.65. The second-order valence-corrected chi connectivity index (χ2v) is 11.2. The summed E-state index contributed by atoms with van der Waals surface area (Å²) in [7, 11) is 2.36. The van der Waals surface area contributed by atoms with Crippen molar-refractivity contribution in [1.82, 2.24) is 25.0 Å². The van der Waals surface area contributed by atoms with Crippen LogP contribution in [0.5, 0.6) is 0 Å². The number of piperazine rings is 1. The number of rotatable bonds is 6. The number of nitrogens with zero attached hydrogens (tertiary/aromatic N) is 5. The lowest BCUT2D eigenvalue weighted by Gasteiger charge is -2.51. The lowest BCUT2D eigenvalue weighted by Crippen LogP contribution is -2.62. The average Bonchev–Trinajstić information content (AvgIpc) is 3.29. The van der Waals surface area contributed by atoms with E-state index in [1.54, 1.807) is 0 Å². The minimum absolute atomic E-state index is 0.393. The molecular formula is C26H40ClN7. The van der Waals surface area contributed by atoms with E-state index in [-0.39, 0.29) is 0 Å². The number of piperidine rings is 1. The van der Waals surface area contributed by atoms with Gasteiger partial charge in [0.1, 0.15) is 0 Å². The molecule has 5 rings (SSSR count).